The Morgan fingerprint density at radius 3 is 2.44 bits per heavy atom. The summed E-state index contributed by atoms with van der Waals surface area (Å²) in [4.78, 5) is 28.4. The van der Waals surface area contributed by atoms with Crippen LogP contribution in [0.5, 0.6) is 5.75 Å². The summed E-state index contributed by atoms with van der Waals surface area (Å²) >= 11 is 0. The van der Waals surface area contributed by atoms with Gasteiger partial charge in [-0.1, -0.05) is 43.3 Å². The molecule has 0 aliphatic rings. The summed E-state index contributed by atoms with van der Waals surface area (Å²) in [5.41, 5.74) is 3.00. The molecule has 1 amide bonds. The molecule has 1 aromatic heterocycles. The molecule has 0 saturated carbocycles. The van der Waals surface area contributed by atoms with Crippen molar-refractivity contribution in [2.45, 2.75) is 20.0 Å². The van der Waals surface area contributed by atoms with E-state index in [2.05, 4.69) is 23.3 Å². The van der Waals surface area contributed by atoms with Gasteiger partial charge in [-0.15, -0.1) is 0 Å². The van der Waals surface area contributed by atoms with Crippen molar-refractivity contribution in [3.63, 3.8) is 0 Å². The Labute approximate surface area is 158 Å². The first-order valence-electron chi connectivity index (χ1n) is 8.73. The molecule has 0 bridgehead atoms. The van der Waals surface area contributed by atoms with Gasteiger partial charge in [0.05, 0.1) is 5.69 Å². The van der Waals surface area contributed by atoms with E-state index in [1.165, 1.54) is 11.8 Å². The Bertz CT molecular complexity index is 939. The van der Waals surface area contributed by atoms with Crippen LogP contribution in [0, 0.1) is 0 Å². The van der Waals surface area contributed by atoms with Gasteiger partial charge in [-0.2, -0.15) is 0 Å². The van der Waals surface area contributed by atoms with Gasteiger partial charge in [-0.25, -0.2) is 0 Å². The van der Waals surface area contributed by atoms with Crippen LogP contribution in [0.2, 0.25) is 0 Å². The average Bonchev–Trinajstić information content (AvgIpc) is 2.73. The minimum Gasteiger partial charge on any atom is -0.487 e. The monoisotopic (exact) mass is 360 g/mol. The topological polar surface area (TPSA) is 68.3 Å². The van der Waals surface area contributed by atoms with Crippen LogP contribution in [0.15, 0.2) is 73.1 Å². The van der Waals surface area contributed by atoms with Crippen molar-refractivity contribution in [1.29, 1.82) is 0 Å². The van der Waals surface area contributed by atoms with E-state index in [0.717, 1.165) is 12.0 Å². The number of hydrogen-bond donors (Lipinski definition) is 1. The molecule has 0 unspecified atom stereocenters. The molecule has 136 valence electrons. The Balaban J connectivity index is 1.72. The van der Waals surface area contributed by atoms with Crippen molar-refractivity contribution in [2.24, 2.45) is 0 Å². The van der Waals surface area contributed by atoms with Gasteiger partial charge in [-0.05, 0) is 41.8 Å². The fourth-order valence-corrected chi connectivity index (χ4v) is 2.70. The van der Waals surface area contributed by atoms with Crippen LogP contribution >= 0.6 is 0 Å². The third-order valence-electron chi connectivity index (χ3n) is 4.15. The molecule has 0 saturated heterocycles. The molecule has 0 aliphatic carbocycles. The number of nitrogens with one attached hydrogen (secondary N) is 1. The predicted octanol–water partition coefficient (Wildman–Crippen LogP) is 4.04. The summed E-state index contributed by atoms with van der Waals surface area (Å²) < 4.78 is 5.91. The van der Waals surface area contributed by atoms with E-state index in [1.54, 1.807) is 36.5 Å². The number of nitrogens with zero attached hydrogens (tertiary/aromatic N) is 1. The van der Waals surface area contributed by atoms with E-state index >= 15 is 0 Å². The van der Waals surface area contributed by atoms with Gasteiger partial charge in [0, 0.05) is 18.0 Å². The third kappa shape index (κ3) is 4.58. The molecule has 0 fully saturated rings. The minimum absolute atomic E-state index is 0.241. The van der Waals surface area contributed by atoms with Crippen LogP contribution in [0.25, 0.3) is 0 Å². The van der Waals surface area contributed by atoms with Gasteiger partial charge in [0.15, 0.2) is 0 Å². The Hall–Kier alpha value is -3.47. The number of carbonyl (C=O) groups excluding carboxylic acids is 2. The fourth-order valence-electron chi connectivity index (χ4n) is 2.70. The molecule has 0 aliphatic heterocycles. The summed E-state index contributed by atoms with van der Waals surface area (Å²) in [5.74, 6) is -0.863. The van der Waals surface area contributed by atoms with Crippen LogP contribution in [-0.2, 0) is 17.8 Å². The van der Waals surface area contributed by atoms with Crippen molar-refractivity contribution in [1.82, 2.24) is 4.98 Å². The summed E-state index contributed by atoms with van der Waals surface area (Å²) in [6.45, 7) is 2.48. The van der Waals surface area contributed by atoms with E-state index < -0.39 is 11.7 Å². The highest BCUT2D eigenvalue weighted by atomic mass is 16.5. The van der Waals surface area contributed by atoms with Gasteiger partial charge >= 0.3 is 0 Å². The Kier molecular flexibility index (Phi) is 5.94. The number of hydrogen-bond acceptors (Lipinski definition) is 4. The summed E-state index contributed by atoms with van der Waals surface area (Å²) in [5, 5.41) is 2.63. The average molecular weight is 360 g/mol. The highest BCUT2D eigenvalue weighted by Gasteiger charge is 2.18. The SMILES string of the molecule is CCc1ccccc1COc1ccccc1NC(=O)C(=O)c1cccnc1. The Morgan fingerprint density at radius 1 is 0.963 bits per heavy atom. The minimum atomic E-state index is -0.729. The first-order valence-corrected chi connectivity index (χ1v) is 8.73. The largest absolute Gasteiger partial charge is 0.487 e. The lowest BCUT2D eigenvalue weighted by atomic mass is 10.1. The lowest BCUT2D eigenvalue weighted by Gasteiger charge is -2.14. The predicted molar refractivity (Wildman–Crippen MR) is 104 cm³/mol. The van der Waals surface area contributed by atoms with Crippen LogP contribution in [-0.4, -0.2) is 16.7 Å². The van der Waals surface area contributed by atoms with Gasteiger partial charge in [0.25, 0.3) is 11.7 Å². The van der Waals surface area contributed by atoms with Crippen molar-refractivity contribution in [3.05, 3.63) is 89.7 Å². The second-order valence-corrected chi connectivity index (χ2v) is 5.93. The number of ether oxygens (including phenoxy) is 1. The quantitative estimate of drug-likeness (QED) is 0.510. The molecule has 27 heavy (non-hydrogen) atoms. The third-order valence-corrected chi connectivity index (χ3v) is 4.15. The van der Waals surface area contributed by atoms with Crippen molar-refractivity contribution < 1.29 is 14.3 Å². The molecule has 3 rings (SSSR count). The van der Waals surface area contributed by atoms with Gasteiger partial charge in [0.1, 0.15) is 12.4 Å². The molecular weight excluding hydrogens is 340 g/mol. The second kappa shape index (κ2) is 8.76. The zero-order valence-corrected chi connectivity index (χ0v) is 15.0. The lowest BCUT2D eigenvalue weighted by molar-refractivity contribution is -0.112. The molecular formula is C22H20N2O3. The molecule has 1 N–H and O–H groups in total. The number of rotatable bonds is 7. The van der Waals surface area contributed by atoms with E-state index in [-0.39, 0.29) is 5.56 Å². The number of benzene rings is 2. The number of para-hydroxylation sites is 2. The number of aryl methyl sites for hydroxylation is 1. The smallest absolute Gasteiger partial charge is 0.296 e. The Morgan fingerprint density at radius 2 is 1.70 bits per heavy atom. The van der Waals surface area contributed by atoms with Crippen molar-refractivity contribution in [3.8, 4) is 5.75 Å². The van der Waals surface area contributed by atoms with E-state index in [1.807, 2.05) is 24.3 Å². The normalized spacial score (nSPS) is 10.3. The molecule has 2 aromatic carbocycles. The first kappa shape index (κ1) is 18.3. The number of Topliss-reactive ketones (excluding diaryl/α,β-unsaturated/α-hetero) is 1. The number of anilines is 1. The number of pyridine rings is 1. The lowest BCUT2D eigenvalue weighted by Crippen LogP contribution is -2.23. The maximum Gasteiger partial charge on any atom is 0.296 e. The van der Waals surface area contributed by atoms with E-state index in [9.17, 15) is 9.59 Å². The van der Waals surface area contributed by atoms with Crippen LogP contribution in [0.4, 0.5) is 5.69 Å². The number of aromatic nitrogens is 1. The zero-order chi connectivity index (χ0) is 19.1. The van der Waals surface area contributed by atoms with Crippen molar-refractivity contribution >= 4 is 17.4 Å². The summed E-state index contributed by atoms with van der Waals surface area (Å²) in [6.07, 6.45) is 3.83. The fraction of sp³-hybridized carbons (Fsp3) is 0.136. The van der Waals surface area contributed by atoms with Crippen LogP contribution in [0.3, 0.4) is 0 Å². The van der Waals surface area contributed by atoms with Crippen LogP contribution in [0.1, 0.15) is 28.4 Å². The zero-order valence-electron chi connectivity index (χ0n) is 15.0. The molecule has 0 atom stereocenters. The molecule has 1 heterocycles. The van der Waals surface area contributed by atoms with E-state index in [0.29, 0.717) is 18.0 Å². The maximum absolute atomic E-state index is 12.3. The van der Waals surface area contributed by atoms with Crippen LogP contribution < -0.4 is 10.1 Å². The highest BCUT2D eigenvalue weighted by molar-refractivity contribution is 6.46. The molecule has 0 spiro atoms. The first-order chi connectivity index (χ1) is 13.2. The highest BCUT2D eigenvalue weighted by Crippen LogP contribution is 2.25. The van der Waals surface area contributed by atoms with E-state index in [4.69, 9.17) is 4.74 Å². The molecule has 3 aromatic rings. The second-order valence-electron chi connectivity index (χ2n) is 5.93. The molecule has 5 nitrogen and oxygen atoms in total. The maximum atomic E-state index is 12.3. The molecule has 5 heteroatoms. The number of ketones is 1. The van der Waals surface area contributed by atoms with Gasteiger partial charge < -0.3 is 10.1 Å². The summed E-state index contributed by atoms with van der Waals surface area (Å²) in [7, 11) is 0. The van der Waals surface area contributed by atoms with Gasteiger partial charge in [0.2, 0.25) is 0 Å². The summed E-state index contributed by atoms with van der Waals surface area (Å²) in [6, 6.07) is 18.3. The van der Waals surface area contributed by atoms with Gasteiger partial charge in [-0.3, -0.25) is 14.6 Å². The number of carbonyl (C=O) groups is 2. The number of amides is 1. The standard InChI is InChI=1S/C22H20N2O3/c1-2-16-8-3-4-9-18(16)15-27-20-12-6-5-11-19(20)24-22(26)21(25)17-10-7-13-23-14-17/h3-14H,2,15H2,1H3,(H,24,26). The molecule has 0 radical (unpaired) electrons. The van der Waals surface area contributed by atoms with Crippen molar-refractivity contribution in [2.75, 3.05) is 5.32 Å².